The van der Waals surface area contributed by atoms with Gasteiger partial charge < -0.3 is 9.47 Å². The van der Waals surface area contributed by atoms with Gasteiger partial charge in [0.15, 0.2) is 0 Å². The van der Waals surface area contributed by atoms with Gasteiger partial charge in [0.2, 0.25) is 0 Å². The topological polar surface area (TPSA) is 107 Å². The Hall–Kier alpha value is -1.93. The Morgan fingerprint density at radius 3 is 1.40 bits per heavy atom. The summed E-state index contributed by atoms with van der Waals surface area (Å²) >= 11 is 0. The Balaban J connectivity index is 2.09. The van der Waals surface area contributed by atoms with Gasteiger partial charge in [0.25, 0.3) is 10.1 Å². The van der Waals surface area contributed by atoms with E-state index in [1.54, 1.807) is 19.1 Å². The molecule has 1 N–H and O–H groups in total. The lowest BCUT2D eigenvalue weighted by atomic mass is 10.0. The predicted octanol–water partition coefficient (Wildman–Crippen LogP) is 8.71. The standard InChI is InChI=1S/C32H54O7S/c1-3-5-6-7-8-9-10-11-12-13-14-15-16-17-18-19-20-23-26-38-31(33)29-24-21-22-25-30(29)32(34)39-27-28(4-2)40(35,36)37/h21-22,24-25,28H,3-20,23,26-27H2,1-2H3,(H,35,36,37). The molecule has 7 nitrogen and oxygen atoms in total. The van der Waals surface area contributed by atoms with Crippen LogP contribution in [0, 0.1) is 0 Å². The first-order valence-corrected chi connectivity index (χ1v) is 17.2. The van der Waals surface area contributed by atoms with E-state index in [-0.39, 0.29) is 24.2 Å². The molecule has 0 aromatic heterocycles. The molecule has 230 valence electrons. The van der Waals surface area contributed by atoms with Crippen LogP contribution in [0.2, 0.25) is 0 Å². The molecule has 0 aliphatic rings. The molecule has 0 bridgehead atoms. The second kappa shape index (κ2) is 22.7. The first-order valence-electron chi connectivity index (χ1n) is 15.7. The third-order valence-corrected chi connectivity index (χ3v) is 8.69. The quantitative estimate of drug-likeness (QED) is 0.0698. The van der Waals surface area contributed by atoms with Crippen molar-refractivity contribution in [3.63, 3.8) is 0 Å². The first kappa shape index (κ1) is 36.1. The highest BCUT2D eigenvalue weighted by molar-refractivity contribution is 7.86. The van der Waals surface area contributed by atoms with Crippen LogP contribution in [-0.2, 0) is 19.6 Å². The van der Waals surface area contributed by atoms with Gasteiger partial charge in [0, 0.05) is 0 Å². The zero-order chi connectivity index (χ0) is 29.5. The lowest BCUT2D eigenvalue weighted by molar-refractivity contribution is 0.0452. The van der Waals surface area contributed by atoms with Crippen molar-refractivity contribution in [3.05, 3.63) is 35.4 Å². The number of hydrogen-bond donors (Lipinski definition) is 1. The number of rotatable bonds is 25. The number of esters is 2. The number of hydrogen-bond acceptors (Lipinski definition) is 6. The molecule has 40 heavy (non-hydrogen) atoms. The molecule has 0 heterocycles. The predicted molar refractivity (Wildman–Crippen MR) is 161 cm³/mol. The summed E-state index contributed by atoms with van der Waals surface area (Å²) in [6.07, 6.45) is 23.3. The van der Waals surface area contributed by atoms with Crippen LogP contribution in [0.5, 0.6) is 0 Å². The van der Waals surface area contributed by atoms with Crippen LogP contribution in [0.1, 0.15) is 157 Å². The Morgan fingerprint density at radius 1 is 0.650 bits per heavy atom. The molecule has 0 saturated carbocycles. The fourth-order valence-electron chi connectivity index (χ4n) is 4.75. The fraction of sp³-hybridized carbons (Fsp3) is 0.750. The molecule has 1 aromatic carbocycles. The lowest BCUT2D eigenvalue weighted by Crippen LogP contribution is -2.27. The van der Waals surface area contributed by atoms with Crippen molar-refractivity contribution in [3.8, 4) is 0 Å². The third-order valence-electron chi connectivity index (χ3n) is 7.37. The molecular formula is C32H54O7S. The monoisotopic (exact) mass is 582 g/mol. The largest absolute Gasteiger partial charge is 0.462 e. The van der Waals surface area contributed by atoms with Crippen molar-refractivity contribution in [1.82, 2.24) is 0 Å². The molecular weight excluding hydrogens is 528 g/mol. The highest BCUT2D eigenvalue weighted by atomic mass is 32.2. The summed E-state index contributed by atoms with van der Waals surface area (Å²) in [5, 5.41) is -1.21. The van der Waals surface area contributed by atoms with Gasteiger partial charge in [-0.2, -0.15) is 8.42 Å². The van der Waals surface area contributed by atoms with Crippen LogP contribution >= 0.6 is 0 Å². The Kier molecular flexibility index (Phi) is 20.5. The maximum Gasteiger partial charge on any atom is 0.339 e. The molecule has 1 rings (SSSR count). The Labute approximate surface area is 243 Å². The van der Waals surface area contributed by atoms with E-state index >= 15 is 0 Å². The second-order valence-electron chi connectivity index (χ2n) is 10.8. The van der Waals surface area contributed by atoms with Gasteiger partial charge in [-0.1, -0.05) is 135 Å². The van der Waals surface area contributed by atoms with Crippen molar-refractivity contribution in [2.75, 3.05) is 13.2 Å². The summed E-state index contributed by atoms with van der Waals surface area (Å²) in [5.41, 5.74) is 0.0882. The van der Waals surface area contributed by atoms with E-state index in [1.165, 1.54) is 108 Å². The Bertz CT molecular complexity index is 914. The van der Waals surface area contributed by atoms with E-state index < -0.39 is 33.9 Å². The zero-order valence-corrected chi connectivity index (χ0v) is 25.9. The van der Waals surface area contributed by atoms with Crippen molar-refractivity contribution in [2.24, 2.45) is 0 Å². The maximum atomic E-state index is 12.5. The van der Waals surface area contributed by atoms with Crippen molar-refractivity contribution in [1.29, 1.82) is 0 Å². The van der Waals surface area contributed by atoms with E-state index in [4.69, 9.17) is 9.47 Å². The molecule has 1 unspecified atom stereocenters. The van der Waals surface area contributed by atoms with Gasteiger partial charge in [-0.25, -0.2) is 9.59 Å². The summed E-state index contributed by atoms with van der Waals surface area (Å²) in [4.78, 5) is 25.0. The van der Waals surface area contributed by atoms with Crippen LogP contribution in [0.3, 0.4) is 0 Å². The average molecular weight is 583 g/mol. The SMILES string of the molecule is CCCCCCCCCCCCCCCCCCCCOC(=O)c1ccccc1C(=O)OCC(CC)S(=O)(=O)O. The number of ether oxygens (including phenoxy) is 2. The highest BCUT2D eigenvalue weighted by Gasteiger charge is 2.25. The molecule has 8 heteroatoms. The molecule has 0 saturated heterocycles. The Morgan fingerprint density at radius 2 is 1.02 bits per heavy atom. The molecule has 0 amide bonds. The van der Waals surface area contributed by atoms with E-state index in [9.17, 15) is 22.6 Å². The molecule has 0 aliphatic heterocycles. The van der Waals surface area contributed by atoms with Gasteiger partial charge in [-0.3, -0.25) is 4.55 Å². The van der Waals surface area contributed by atoms with Crippen molar-refractivity contribution in [2.45, 2.75) is 141 Å². The fourth-order valence-corrected chi connectivity index (χ4v) is 5.41. The normalized spacial score (nSPS) is 12.3. The van der Waals surface area contributed by atoms with Crippen LogP contribution < -0.4 is 0 Å². The molecule has 1 atom stereocenters. The molecule has 0 aliphatic carbocycles. The van der Waals surface area contributed by atoms with Crippen molar-refractivity contribution < 1.29 is 32.0 Å². The summed E-state index contributed by atoms with van der Waals surface area (Å²) in [5.74, 6) is -1.44. The van der Waals surface area contributed by atoms with Gasteiger partial charge in [0.1, 0.15) is 11.9 Å². The molecule has 1 aromatic rings. The van der Waals surface area contributed by atoms with Crippen LogP contribution in [0.15, 0.2) is 24.3 Å². The number of unbranched alkanes of at least 4 members (excludes halogenated alkanes) is 17. The molecule has 0 fully saturated rings. The van der Waals surface area contributed by atoms with Gasteiger partial charge in [0.05, 0.1) is 17.7 Å². The van der Waals surface area contributed by atoms with Gasteiger partial charge in [-0.05, 0) is 25.0 Å². The van der Waals surface area contributed by atoms with E-state index in [2.05, 4.69) is 6.92 Å². The summed E-state index contributed by atoms with van der Waals surface area (Å²) < 4.78 is 42.3. The van der Waals surface area contributed by atoms with E-state index in [1.807, 2.05) is 0 Å². The van der Waals surface area contributed by atoms with Gasteiger partial charge >= 0.3 is 11.9 Å². The van der Waals surface area contributed by atoms with Crippen LogP contribution in [0.25, 0.3) is 0 Å². The number of benzene rings is 1. The number of carbonyl (C=O) groups is 2. The summed E-state index contributed by atoms with van der Waals surface area (Å²) in [7, 11) is -4.32. The minimum atomic E-state index is -4.32. The zero-order valence-electron chi connectivity index (χ0n) is 25.0. The summed E-state index contributed by atoms with van der Waals surface area (Å²) in [6.45, 7) is 3.62. The lowest BCUT2D eigenvalue weighted by Gasteiger charge is -2.13. The highest BCUT2D eigenvalue weighted by Crippen LogP contribution is 2.16. The molecule has 0 spiro atoms. The van der Waals surface area contributed by atoms with Gasteiger partial charge in [-0.15, -0.1) is 0 Å². The molecule has 0 radical (unpaired) electrons. The van der Waals surface area contributed by atoms with Crippen LogP contribution in [0.4, 0.5) is 0 Å². The smallest absolute Gasteiger partial charge is 0.339 e. The number of carbonyl (C=O) groups excluding carboxylic acids is 2. The average Bonchev–Trinajstić information content (AvgIpc) is 2.93. The van der Waals surface area contributed by atoms with Crippen LogP contribution in [-0.4, -0.2) is 43.4 Å². The maximum absolute atomic E-state index is 12.5. The first-order chi connectivity index (χ1) is 19.3. The minimum absolute atomic E-state index is 0.00972. The van der Waals surface area contributed by atoms with E-state index in [0.29, 0.717) is 0 Å². The second-order valence-corrected chi connectivity index (χ2v) is 12.5. The minimum Gasteiger partial charge on any atom is -0.462 e. The summed E-state index contributed by atoms with van der Waals surface area (Å²) in [6, 6.07) is 6.13. The third kappa shape index (κ3) is 17.0. The van der Waals surface area contributed by atoms with E-state index in [0.717, 1.165) is 19.3 Å². The van der Waals surface area contributed by atoms with Crippen molar-refractivity contribution >= 4 is 22.1 Å².